The van der Waals surface area contributed by atoms with Gasteiger partial charge in [-0.3, -0.25) is 4.79 Å². The summed E-state index contributed by atoms with van der Waals surface area (Å²) in [6.45, 7) is 0.753. The van der Waals surface area contributed by atoms with Crippen LogP contribution >= 0.6 is 0 Å². The highest BCUT2D eigenvalue weighted by Crippen LogP contribution is 2.10. The van der Waals surface area contributed by atoms with Crippen LogP contribution in [0, 0.1) is 0 Å². The third-order valence-electron chi connectivity index (χ3n) is 1.64. The maximum Gasteiger partial charge on any atom is 0.138 e. The van der Waals surface area contributed by atoms with Crippen molar-refractivity contribution in [1.29, 1.82) is 0 Å². The number of carbonyl (C=O) groups is 2. The summed E-state index contributed by atoms with van der Waals surface area (Å²) in [4.78, 5) is 20.8. The number of rotatable bonds is 6. The molecule has 1 aliphatic rings. The highest BCUT2D eigenvalue weighted by Gasteiger charge is 2.17. The second-order valence-electron chi connectivity index (χ2n) is 2.93. The van der Waals surface area contributed by atoms with Crippen LogP contribution in [0.3, 0.4) is 0 Å². The van der Waals surface area contributed by atoms with Gasteiger partial charge in [-0.05, 0) is 6.42 Å². The molecule has 0 aromatic heterocycles. The van der Waals surface area contributed by atoms with E-state index in [9.17, 15) is 14.7 Å². The van der Waals surface area contributed by atoms with Crippen molar-refractivity contribution in [2.45, 2.75) is 25.4 Å². The van der Waals surface area contributed by atoms with E-state index >= 15 is 0 Å². The molecular weight excluding hydrogens is 172 g/mol. The fourth-order valence-electron chi connectivity index (χ4n) is 0.908. The Morgan fingerprint density at radius 3 is 2.77 bits per heavy atom. The first-order valence-electron chi connectivity index (χ1n) is 4.18. The molecule has 0 aromatic carbocycles. The molecule has 0 spiro atoms. The van der Waals surface area contributed by atoms with Gasteiger partial charge in [-0.15, -0.1) is 0 Å². The fraction of sp³-hybridized carbons (Fsp3) is 0.556. The third-order valence-corrected chi connectivity index (χ3v) is 1.64. The van der Waals surface area contributed by atoms with Crippen molar-refractivity contribution in [3.05, 3.63) is 12.2 Å². The Morgan fingerprint density at radius 2 is 2.23 bits per heavy atom. The Labute approximate surface area is 76.2 Å². The molecule has 0 aliphatic carbocycles. The Hall–Kier alpha value is -1.16. The molecule has 72 valence electrons. The predicted octanol–water partition coefficient (Wildman–Crippen LogP) is -0.569. The summed E-state index contributed by atoms with van der Waals surface area (Å²) in [6, 6.07) is 0. The summed E-state index contributed by atoms with van der Waals surface area (Å²) in [7, 11) is 0. The number of carbonyl (C=O) groups excluding carboxylic acids is 2. The van der Waals surface area contributed by atoms with Crippen molar-refractivity contribution in [2.24, 2.45) is 0 Å². The molecule has 1 saturated heterocycles. The van der Waals surface area contributed by atoms with Crippen molar-refractivity contribution in [2.75, 3.05) is 6.61 Å². The van der Waals surface area contributed by atoms with Gasteiger partial charge in [-0.25, -0.2) is 0 Å². The highest BCUT2D eigenvalue weighted by atomic mass is 16.6. The van der Waals surface area contributed by atoms with E-state index in [0.717, 1.165) is 6.61 Å². The molecule has 1 fully saturated rings. The molecule has 1 rings (SSSR count). The zero-order chi connectivity index (χ0) is 9.68. The molecule has 0 radical (unpaired) electrons. The molecule has 0 bridgehead atoms. The van der Waals surface area contributed by atoms with Crippen LogP contribution in [-0.2, 0) is 14.3 Å². The van der Waals surface area contributed by atoms with E-state index in [0.29, 0.717) is 6.42 Å². The number of epoxide rings is 1. The maximum atomic E-state index is 10.8. The van der Waals surface area contributed by atoms with Gasteiger partial charge in [-0.1, -0.05) is 12.2 Å². The standard InChI is InChI=1S/C9H12O4/c10-7(5-9(11)12)3-1-2-4-8-6-13-8/h2,4,8H,1,3,5-6H2,(H,11,12)/p-1/b4-2+. The molecule has 0 saturated carbocycles. The number of ether oxygens (including phenoxy) is 1. The van der Waals surface area contributed by atoms with Crippen molar-refractivity contribution in [3.63, 3.8) is 0 Å². The molecule has 0 amide bonds. The second kappa shape index (κ2) is 4.77. The predicted molar refractivity (Wildman–Crippen MR) is 42.7 cm³/mol. The smallest absolute Gasteiger partial charge is 0.138 e. The summed E-state index contributed by atoms with van der Waals surface area (Å²) in [5.74, 6) is -1.60. The van der Waals surface area contributed by atoms with E-state index in [1.54, 1.807) is 0 Å². The lowest BCUT2D eigenvalue weighted by molar-refractivity contribution is -0.304. The van der Waals surface area contributed by atoms with Crippen molar-refractivity contribution in [1.82, 2.24) is 0 Å². The van der Waals surface area contributed by atoms with Crippen LogP contribution in [0.15, 0.2) is 12.2 Å². The maximum absolute atomic E-state index is 10.8. The Balaban J connectivity index is 2.03. The van der Waals surface area contributed by atoms with Gasteiger partial charge in [0.2, 0.25) is 0 Å². The molecule has 1 atom stereocenters. The molecule has 1 unspecified atom stereocenters. The normalized spacial score (nSPS) is 20.5. The van der Waals surface area contributed by atoms with Crippen LogP contribution < -0.4 is 5.11 Å². The first kappa shape index (κ1) is 9.92. The topological polar surface area (TPSA) is 69.7 Å². The van der Waals surface area contributed by atoms with Gasteiger partial charge in [0.25, 0.3) is 0 Å². The van der Waals surface area contributed by atoms with Gasteiger partial charge in [0.15, 0.2) is 0 Å². The quantitative estimate of drug-likeness (QED) is 0.314. The number of allylic oxidation sites excluding steroid dienone is 1. The molecule has 0 aromatic rings. The van der Waals surface area contributed by atoms with Crippen molar-refractivity contribution < 1.29 is 19.4 Å². The highest BCUT2D eigenvalue weighted by molar-refractivity contribution is 5.93. The fourth-order valence-corrected chi connectivity index (χ4v) is 0.908. The average Bonchev–Trinajstić information content (AvgIpc) is 2.80. The lowest BCUT2D eigenvalue weighted by Gasteiger charge is -1.98. The minimum atomic E-state index is -1.31. The van der Waals surface area contributed by atoms with E-state index in [2.05, 4.69) is 0 Å². The third kappa shape index (κ3) is 5.14. The summed E-state index contributed by atoms with van der Waals surface area (Å²) in [5, 5.41) is 9.99. The average molecular weight is 183 g/mol. The molecule has 4 heteroatoms. The summed E-state index contributed by atoms with van der Waals surface area (Å²) >= 11 is 0. The number of ketones is 1. The molecule has 1 heterocycles. The number of hydrogen-bond donors (Lipinski definition) is 0. The van der Waals surface area contributed by atoms with Crippen LogP contribution in [0.5, 0.6) is 0 Å². The first-order valence-corrected chi connectivity index (χ1v) is 4.18. The van der Waals surface area contributed by atoms with Gasteiger partial charge in [0, 0.05) is 18.8 Å². The molecular formula is C9H11O4-. The van der Waals surface area contributed by atoms with Gasteiger partial charge < -0.3 is 14.6 Å². The van der Waals surface area contributed by atoms with Gasteiger partial charge in [0.05, 0.1) is 12.7 Å². The monoisotopic (exact) mass is 183 g/mol. The number of aliphatic carboxylic acids is 1. The largest absolute Gasteiger partial charge is 0.550 e. The summed E-state index contributed by atoms with van der Waals surface area (Å²) in [6.07, 6.45) is 4.30. The van der Waals surface area contributed by atoms with Crippen LogP contribution in [-0.4, -0.2) is 24.5 Å². The van der Waals surface area contributed by atoms with Gasteiger partial charge in [-0.2, -0.15) is 0 Å². The summed E-state index contributed by atoms with van der Waals surface area (Å²) < 4.78 is 4.90. The van der Waals surface area contributed by atoms with E-state index in [4.69, 9.17) is 4.74 Å². The van der Waals surface area contributed by atoms with Crippen molar-refractivity contribution >= 4 is 11.8 Å². The van der Waals surface area contributed by atoms with Crippen LogP contribution in [0.2, 0.25) is 0 Å². The van der Waals surface area contributed by atoms with Gasteiger partial charge in [0.1, 0.15) is 5.78 Å². The van der Waals surface area contributed by atoms with E-state index in [1.165, 1.54) is 0 Å². The lowest BCUT2D eigenvalue weighted by atomic mass is 10.1. The van der Waals surface area contributed by atoms with E-state index < -0.39 is 12.4 Å². The Kier molecular flexibility index (Phi) is 3.64. The van der Waals surface area contributed by atoms with Crippen LogP contribution in [0.25, 0.3) is 0 Å². The summed E-state index contributed by atoms with van der Waals surface area (Å²) in [5.41, 5.74) is 0. The number of carboxylic acids is 1. The minimum Gasteiger partial charge on any atom is -0.550 e. The first-order chi connectivity index (χ1) is 6.18. The van der Waals surface area contributed by atoms with Gasteiger partial charge >= 0.3 is 0 Å². The Bertz CT molecular complexity index is 228. The number of hydrogen-bond acceptors (Lipinski definition) is 4. The number of Topliss-reactive ketones (excluding diaryl/α,β-unsaturated/α-hetero) is 1. The SMILES string of the molecule is O=C([O-])CC(=O)CC/C=C/C1CO1. The zero-order valence-electron chi connectivity index (χ0n) is 7.19. The van der Waals surface area contributed by atoms with E-state index in [1.807, 2.05) is 12.2 Å². The van der Waals surface area contributed by atoms with Crippen molar-refractivity contribution in [3.8, 4) is 0 Å². The molecule has 4 nitrogen and oxygen atoms in total. The molecule has 0 N–H and O–H groups in total. The van der Waals surface area contributed by atoms with Crippen LogP contribution in [0.1, 0.15) is 19.3 Å². The minimum absolute atomic E-state index is 0.219. The Morgan fingerprint density at radius 1 is 1.54 bits per heavy atom. The molecule has 13 heavy (non-hydrogen) atoms. The zero-order valence-corrected chi connectivity index (χ0v) is 7.19. The second-order valence-corrected chi connectivity index (χ2v) is 2.93. The lowest BCUT2D eigenvalue weighted by Crippen LogP contribution is -2.25. The van der Waals surface area contributed by atoms with Crippen LogP contribution in [0.4, 0.5) is 0 Å². The number of carboxylic acid groups (broad SMARTS) is 1. The molecule has 1 aliphatic heterocycles. The van der Waals surface area contributed by atoms with E-state index in [-0.39, 0.29) is 18.3 Å².